The van der Waals surface area contributed by atoms with Crippen LogP contribution in [0, 0.1) is 5.92 Å². The van der Waals surface area contributed by atoms with Gasteiger partial charge in [0.15, 0.2) is 0 Å². The zero-order valence-corrected chi connectivity index (χ0v) is 11.7. The molecular weight excluding hydrogens is 258 g/mol. The number of hydrogen-bond acceptors (Lipinski definition) is 3. The molecule has 3 nitrogen and oxygen atoms in total. The van der Waals surface area contributed by atoms with Gasteiger partial charge in [-0.25, -0.2) is 0 Å². The van der Waals surface area contributed by atoms with Crippen molar-refractivity contribution < 1.29 is 9.90 Å². The van der Waals surface area contributed by atoms with Gasteiger partial charge in [-0.1, -0.05) is 18.2 Å². The van der Waals surface area contributed by atoms with Gasteiger partial charge in [0.25, 0.3) is 0 Å². The van der Waals surface area contributed by atoms with E-state index in [1.54, 1.807) is 0 Å². The molecule has 2 aliphatic rings. The summed E-state index contributed by atoms with van der Waals surface area (Å²) in [5.74, 6) is 0.894. The molecule has 1 N–H and O–H groups in total. The molecule has 1 aromatic carbocycles. The minimum absolute atomic E-state index is 0.168. The Hall–Kier alpha value is -1.00. The Labute approximate surface area is 118 Å². The number of fused-ring (bicyclic) bond motifs is 1. The number of aliphatic carboxylic acids is 1. The molecule has 2 atom stereocenters. The van der Waals surface area contributed by atoms with Crippen molar-refractivity contribution in [1.29, 1.82) is 0 Å². The highest BCUT2D eigenvalue weighted by molar-refractivity contribution is 7.99. The molecule has 0 radical (unpaired) electrons. The molecule has 0 saturated carbocycles. The quantitative estimate of drug-likeness (QED) is 0.922. The molecule has 102 valence electrons. The maximum absolute atomic E-state index is 11.1. The summed E-state index contributed by atoms with van der Waals surface area (Å²) >= 11 is 1.93. The third-order valence-electron chi connectivity index (χ3n) is 4.13. The van der Waals surface area contributed by atoms with Crippen LogP contribution >= 0.6 is 11.8 Å². The van der Waals surface area contributed by atoms with E-state index < -0.39 is 5.97 Å². The van der Waals surface area contributed by atoms with Crippen LogP contribution in [0.3, 0.4) is 0 Å². The molecule has 2 heterocycles. The fourth-order valence-corrected chi connectivity index (χ4v) is 4.36. The Balaban J connectivity index is 1.65. The zero-order chi connectivity index (χ0) is 13.2. The van der Waals surface area contributed by atoms with E-state index in [1.165, 1.54) is 10.5 Å². The predicted octanol–water partition coefficient (Wildman–Crippen LogP) is 2.67. The molecule has 1 aromatic rings. The number of hydrogen-bond donors (Lipinski definition) is 1. The molecular formula is C15H19NO2S. The highest BCUT2D eigenvalue weighted by atomic mass is 32.2. The lowest BCUT2D eigenvalue weighted by atomic mass is 9.95. The molecule has 1 fully saturated rings. The molecule has 0 spiro atoms. The highest BCUT2D eigenvalue weighted by Crippen LogP contribution is 2.39. The summed E-state index contributed by atoms with van der Waals surface area (Å²) in [4.78, 5) is 14.8. The number of nitrogens with zero attached hydrogens (tertiary/aromatic N) is 1. The summed E-state index contributed by atoms with van der Waals surface area (Å²) in [7, 11) is 0. The molecule has 0 aliphatic carbocycles. The lowest BCUT2D eigenvalue weighted by Gasteiger charge is -2.32. The predicted molar refractivity (Wildman–Crippen MR) is 76.7 cm³/mol. The zero-order valence-electron chi connectivity index (χ0n) is 10.9. The number of benzene rings is 1. The lowest BCUT2D eigenvalue weighted by molar-refractivity contribution is -0.143. The first-order valence-electron chi connectivity index (χ1n) is 6.91. The second kappa shape index (κ2) is 5.55. The molecule has 19 heavy (non-hydrogen) atoms. The van der Waals surface area contributed by atoms with Crippen LogP contribution in [0.2, 0.25) is 0 Å². The first-order chi connectivity index (χ1) is 9.24. The number of carboxylic acids is 1. The van der Waals surface area contributed by atoms with Crippen molar-refractivity contribution in [1.82, 2.24) is 4.90 Å². The third kappa shape index (κ3) is 2.79. The molecule has 2 aliphatic heterocycles. The topological polar surface area (TPSA) is 40.5 Å². The summed E-state index contributed by atoms with van der Waals surface area (Å²) < 4.78 is 0. The van der Waals surface area contributed by atoms with Crippen molar-refractivity contribution in [3.63, 3.8) is 0 Å². The average Bonchev–Trinajstić information content (AvgIpc) is 2.83. The Bertz CT molecular complexity index is 477. The van der Waals surface area contributed by atoms with E-state index in [9.17, 15) is 4.79 Å². The van der Waals surface area contributed by atoms with Crippen LogP contribution in [-0.4, -0.2) is 41.4 Å². The monoisotopic (exact) mass is 277 g/mol. The number of rotatable bonds is 3. The summed E-state index contributed by atoms with van der Waals surface area (Å²) in [6.07, 6.45) is 1.85. The number of thioether (sulfide) groups is 1. The van der Waals surface area contributed by atoms with E-state index in [0.29, 0.717) is 5.92 Å². The van der Waals surface area contributed by atoms with Crippen LogP contribution in [0.1, 0.15) is 24.3 Å². The smallest absolute Gasteiger partial charge is 0.307 e. The lowest BCUT2D eigenvalue weighted by Crippen LogP contribution is -2.40. The fraction of sp³-hybridized carbons (Fsp3) is 0.533. The van der Waals surface area contributed by atoms with Crippen LogP contribution in [0.4, 0.5) is 0 Å². The van der Waals surface area contributed by atoms with E-state index in [0.717, 1.165) is 38.2 Å². The molecule has 0 amide bonds. The Morgan fingerprint density at radius 3 is 3.11 bits per heavy atom. The molecule has 1 saturated heterocycles. The van der Waals surface area contributed by atoms with Gasteiger partial charge in [0, 0.05) is 29.7 Å². The van der Waals surface area contributed by atoms with Crippen molar-refractivity contribution >= 4 is 17.7 Å². The molecule has 2 unspecified atom stereocenters. The van der Waals surface area contributed by atoms with Gasteiger partial charge in [0.1, 0.15) is 0 Å². The van der Waals surface area contributed by atoms with Crippen LogP contribution in [0.5, 0.6) is 0 Å². The van der Waals surface area contributed by atoms with Crippen molar-refractivity contribution in [2.75, 3.05) is 25.4 Å². The number of piperidine rings is 1. The van der Waals surface area contributed by atoms with Crippen molar-refractivity contribution in [3.05, 3.63) is 29.8 Å². The number of carboxylic acid groups (broad SMARTS) is 1. The second-order valence-electron chi connectivity index (χ2n) is 5.48. The van der Waals surface area contributed by atoms with Crippen molar-refractivity contribution in [2.24, 2.45) is 5.92 Å². The van der Waals surface area contributed by atoms with Gasteiger partial charge >= 0.3 is 5.97 Å². The summed E-state index contributed by atoms with van der Waals surface area (Å²) in [6, 6.07) is 8.61. The van der Waals surface area contributed by atoms with Gasteiger partial charge in [0.05, 0.1) is 5.92 Å². The van der Waals surface area contributed by atoms with E-state index in [1.807, 2.05) is 11.8 Å². The van der Waals surface area contributed by atoms with Crippen LogP contribution < -0.4 is 0 Å². The molecule has 0 bridgehead atoms. The number of carbonyl (C=O) groups is 1. The van der Waals surface area contributed by atoms with Gasteiger partial charge in [-0.2, -0.15) is 0 Å². The fourth-order valence-electron chi connectivity index (χ4n) is 3.12. The van der Waals surface area contributed by atoms with Crippen LogP contribution in [0.15, 0.2) is 29.2 Å². The molecule has 3 rings (SSSR count). The molecule has 0 aromatic heterocycles. The van der Waals surface area contributed by atoms with E-state index in [2.05, 4.69) is 29.2 Å². The first-order valence-corrected chi connectivity index (χ1v) is 7.89. The minimum Gasteiger partial charge on any atom is -0.481 e. The average molecular weight is 277 g/mol. The standard InChI is InChI=1S/C15H19NO2S/c17-15(18)11-4-3-7-16(8-11)9-12-10-19-14-6-2-1-5-13(12)14/h1-2,5-6,11-12H,3-4,7-10H2,(H,17,18). The minimum atomic E-state index is -0.633. The maximum atomic E-state index is 11.1. The van der Waals surface area contributed by atoms with Gasteiger partial charge in [-0.15, -0.1) is 11.8 Å². The summed E-state index contributed by atoms with van der Waals surface area (Å²) in [5.41, 5.74) is 1.45. The van der Waals surface area contributed by atoms with E-state index >= 15 is 0 Å². The van der Waals surface area contributed by atoms with Gasteiger partial charge in [0.2, 0.25) is 0 Å². The second-order valence-corrected chi connectivity index (χ2v) is 6.54. The van der Waals surface area contributed by atoms with Gasteiger partial charge in [-0.05, 0) is 31.0 Å². The van der Waals surface area contributed by atoms with E-state index in [-0.39, 0.29) is 5.92 Å². The normalized spacial score (nSPS) is 27.2. The summed E-state index contributed by atoms with van der Waals surface area (Å²) in [5, 5.41) is 9.14. The highest BCUT2D eigenvalue weighted by Gasteiger charge is 2.29. The Morgan fingerprint density at radius 1 is 1.42 bits per heavy atom. The van der Waals surface area contributed by atoms with E-state index in [4.69, 9.17) is 5.11 Å². The Kier molecular flexibility index (Phi) is 3.80. The van der Waals surface area contributed by atoms with Crippen molar-refractivity contribution in [2.45, 2.75) is 23.7 Å². The first kappa shape index (κ1) is 13.0. The third-order valence-corrected chi connectivity index (χ3v) is 5.38. The van der Waals surface area contributed by atoms with Gasteiger partial charge < -0.3 is 10.0 Å². The SMILES string of the molecule is O=C(O)C1CCCN(CC2CSc3ccccc32)C1. The van der Waals surface area contributed by atoms with Crippen molar-refractivity contribution in [3.8, 4) is 0 Å². The Morgan fingerprint density at radius 2 is 2.26 bits per heavy atom. The van der Waals surface area contributed by atoms with Crippen LogP contribution in [0.25, 0.3) is 0 Å². The maximum Gasteiger partial charge on any atom is 0.307 e. The molecule has 4 heteroatoms. The largest absolute Gasteiger partial charge is 0.481 e. The van der Waals surface area contributed by atoms with Gasteiger partial charge in [-0.3, -0.25) is 4.79 Å². The number of likely N-dealkylation sites (tertiary alicyclic amines) is 1. The summed E-state index contributed by atoms with van der Waals surface area (Å²) in [6.45, 7) is 2.78. The van der Waals surface area contributed by atoms with Crippen LogP contribution in [-0.2, 0) is 4.79 Å².